The van der Waals surface area contributed by atoms with Crippen molar-refractivity contribution in [1.82, 2.24) is 10.6 Å². The molecule has 0 saturated heterocycles. The Bertz CT molecular complexity index is 472. The smallest absolute Gasteiger partial charge is 0.315 e. The normalized spacial score (nSPS) is 15.2. The number of urea groups is 1. The van der Waals surface area contributed by atoms with Crippen LogP contribution in [-0.4, -0.2) is 29.7 Å². The molecule has 0 aliphatic heterocycles. The van der Waals surface area contributed by atoms with Gasteiger partial charge in [0.25, 0.3) is 0 Å². The van der Waals surface area contributed by atoms with E-state index in [1.807, 2.05) is 30.3 Å². The van der Waals surface area contributed by atoms with Crippen molar-refractivity contribution < 1.29 is 14.7 Å². The average molecular weight is 290 g/mol. The molecule has 0 aromatic heterocycles. The highest BCUT2D eigenvalue weighted by Crippen LogP contribution is 2.27. The summed E-state index contributed by atoms with van der Waals surface area (Å²) >= 11 is 0. The molecule has 1 aliphatic carbocycles. The summed E-state index contributed by atoms with van der Waals surface area (Å²) in [5, 5.41) is 14.6. The first kappa shape index (κ1) is 15.4. The Morgan fingerprint density at radius 2 is 1.95 bits per heavy atom. The molecule has 1 fully saturated rings. The number of hydrogen-bond donors (Lipinski definition) is 3. The summed E-state index contributed by atoms with van der Waals surface area (Å²) in [6.45, 7) is 0.711. The van der Waals surface area contributed by atoms with E-state index in [1.54, 1.807) is 0 Å². The molecule has 114 valence electrons. The van der Waals surface area contributed by atoms with Gasteiger partial charge < -0.3 is 15.7 Å². The van der Waals surface area contributed by atoms with Gasteiger partial charge in [-0.3, -0.25) is 4.79 Å². The molecule has 5 nitrogen and oxygen atoms in total. The first-order chi connectivity index (χ1) is 10.1. The SMILES string of the molecule is O=C(O)CCC(Cc1ccccc1)NC(=O)NCC1CC1. The molecule has 0 spiro atoms. The number of rotatable bonds is 8. The van der Waals surface area contributed by atoms with Gasteiger partial charge in [-0.15, -0.1) is 0 Å². The maximum absolute atomic E-state index is 11.9. The van der Waals surface area contributed by atoms with Crippen molar-refractivity contribution in [2.75, 3.05) is 6.54 Å². The molecule has 2 amide bonds. The standard InChI is InChI=1S/C16H22N2O3/c19-15(20)9-8-14(10-12-4-2-1-3-5-12)18-16(21)17-11-13-6-7-13/h1-5,13-14H,6-11H2,(H,19,20)(H2,17,18,21). The van der Waals surface area contributed by atoms with Crippen molar-refractivity contribution in [2.45, 2.75) is 38.1 Å². The minimum atomic E-state index is -0.840. The van der Waals surface area contributed by atoms with Crippen molar-refractivity contribution in [3.05, 3.63) is 35.9 Å². The number of benzene rings is 1. The Labute approximate surface area is 124 Å². The quantitative estimate of drug-likeness (QED) is 0.686. The Morgan fingerprint density at radius 1 is 1.24 bits per heavy atom. The van der Waals surface area contributed by atoms with Crippen molar-refractivity contribution in [2.24, 2.45) is 5.92 Å². The number of carboxylic acid groups (broad SMARTS) is 1. The second kappa shape index (κ2) is 7.67. The largest absolute Gasteiger partial charge is 0.481 e. The van der Waals surface area contributed by atoms with Crippen LogP contribution in [0.3, 0.4) is 0 Å². The zero-order valence-corrected chi connectivity index (χ0v) is 12.0. The molecule has 21 heavy (non-hydrogen) atoms. The van der Waals surface area contributed by atoms with E-state index < -0.39 is 5.97 Å². The third kappa shape index (κ3) is 6.29. The van der Waals surface area contributed by atoms with Crippen molar-refractivity contribution >= 4 is 12.0 Å². The fourth-order valence-corrected chi connectivity index (χ4v) is 2.22. The van der Waals surface area contributed by atoms with Crippen LogP contribution in [0.5, 0.6) is 0 Å². The second-order valence-corrected chi connectivity index (χ2v) is 5.62. The lowest BCUT2D eigenvalue weighted by atomic mass is 10.0. The van der Waals surface area contributed by atoms with Crippen LogP contribution in [0, 0.1) is 5.92 Å². The number of aliphatic carboxylic acids is 1. The predicted octanol–water partition coefficient (Wildman–Crippen LogP) is 2.17. The highest BCUT2D eigenvalue weighted by atomic mass is 16.4. The molecule has 1 aromatic carbocycles. The van der Waals surface area contributed by atoms with E-state index in [4.69, 9.17) is 5.11 Å². The fraction of sp³-hybridized carbons (Fsp3) is 0.500. The van der Waals surface area contributed by atoms with Crippen LogP contribution in [0.25, 0.3) is 0 Å². The molecule has 1 aliphatic rings. The Kier molecular flexibility index (Phi) is 5.60. The van der Waals surface area contributed by atoms with Gasteiger partial charge in [-0.2, -0.15) is 0 Å². The highest BCUT2D eigenvalue weighted by molar-refractivity contribution is 5.74. The lowest BCUT2D eigenvalue weighted by Crippen LogP contribution is -2.44. The van der Waals surface area contributed by atoms with Crippen LogP contribution in [0.1, 0.15) is 31.2 Å². The number of carbonyl (C=O) groups is 2. The molecular formula is C16H22N2O3. The molecule has 1 unspecified atom stereocenters. The van der Waals surface area contributed by atoms with E-state index in [1.165, 1.54) is 12.8 Å². The third-order valence-electron chi connectivity index (χ3n) is 3.62. The van der Waals surface area contributed by atoms with Gasteiger partial charge >= 0.3 is 12.0 Å². The number of nitrogens with one attached hydrogen (secondary N) is 2. The lowest BCUT2D eigenvalue weighted by molar-refractivity contribution is -0.137. The van der Waals surface area contributed by atoms with Gasteiger partial charge in [0.05, 0.1) is 0 Å². The number of carbonyl (C=O) groups excluding carboxylic acids is 1. The van der Waals surface area contributed by atoms with Crippen LogP contribution in [-0.2, 0) is 11.2 Å². The molecule has 1 saturated carbocycles. The molecule has 0 radical (unpaired) electrons. The van der Waals surface area contributed by atoms with Crippen LogP contribution >= 0.6 is 0 Å². The van der Waals surface area contributed by atoms with Crippen molar-refractivity contribution in [3.63, 3.8) is 0 Å². The molecule has 5 heteroatoms. The van der Waals surface area contributed by atoms with E-state index in [0.717, 1.165) is 5.56 Å². The summed E-state index contributed by atoms with van der Waals surface area (Å²) in [4.78, 5) is 22.6. The topological polar surface area (TPSA) is 78.4 Å². The molecule has 0 bridgehead atoms. The minimum absolute atomic E-state index is 0.0560. The molecule has 1 aromatic rings. The van der Waals surface area contributed by atoms with Gasteiger partial charge in [-0.1, -0.05) is 30.3 Å². The third-order valence-corrected chi connectivity index (χ3v) is 3.62. The van der Waals surface area contributed by atoms with Gasteiger partial charge in [0.15, 0.2) is 0 Å². The van der Waals surface area contributed by atoms with Crippen LogP contribution in [0.2, 0.25) is 0 Å². The Morgan fingerprint density at radius 3 is 2.57 bits per heavy atom. The van der Waals surface area contributed by atoms with E-state index in [0.29, 0.717) is 25.3 Å². The van der Waals surface area contributed by atoms with Crippen molar-refractivity contribution in [1.29, 1.82) is 0 Å². The first-order valence-corrected chi connectivity index (χ1v) is 7.43. The van der Waals surface area contributed by atoms with Gasteiger partial charge in [-0.05, 0) is 37.2 Å². The summed E-state index contributed by atoms with van der Waals surface area (Å²) in [7, 11) is 0. The van der Waals surface area contributed by atoms with Gasteiger partial charge in [-0.25, -0.2) is 4.79 Å². The van der Waals surface area contributed by atoms with E-state index in [9.17, 15) is 9.59 Å². The number of carboxylic acids is 1. The maximum Gasteiger partial charge on any atom is 0.315 e. The second-order valence-electron chi connectivity index (χ2n) is 5.62. The summed E-state index contributed by atoms with van der Waals surface area (Å²) in [5.41, 5.74) is 1.09. The summed E-state index contributed by atoms with van der Waals surface area (Å²) in [6, 6.07) is 9.42. The fourth-order valence-electron chi connectivity index (χ4n) is 2.22. The Hall–Kier alpha value is -2.04. The van der Waals surface area contributed by atoms with Gasteiger partial charge in [0.1, 0.15) is 0 Å². The molecule has 0 heterocycles. The van der Waals surface area contributed by atoms with Crippen molar-refractivity contribution in [3.8, 4) is 0 Å². The Balaban J connectivity index is 1.84. The predicted molar refractivity (Wildman–Crippen MR) is 80.1 cm³/mol. The zero-order chi connectivity index (χ0) is 15.1. The zero-order valence-electron chi connectivity index (χ0n) is 12.0. The van der Waals surface area contributed by atoms with Gasteiger partial charge in [0.2, 0.25) is 0 Å². The molecule has 1 atom stereocenters. The van der Waals surface area contributed by atoms with Crippen LogP contribution in [0.15, 0.2) is 30.3 Å². The molecule has 3 N–H and O–H groups in total. The van der Waals surface area contributed by atoms with E-state index >= 15 is 0 Å². The van der Waals surface area contributed by atoms with E-state index in [-0.39, 0.29) is 18.5 Å². The number of hydrogen-bond acceptors (Lipinski definition) is 2. The molecular weight excluding hydrogens is 268 g/mol. The van der Waals surface area contributed by atoms with E-state index in [2.05, 4.69) is 10.6 Å². The minimum Gasteiger partial charge on any atom is -0.481 e. The summed E-state index contributed by atoms with van der Waals surface area (Å²) in [6.07, 6.45) is 3.51. The summed E-state index contributed by atoms with van der Waals surface area (Å²) < 4.78 is 0. The average Bonchev–Trinajstić information content (AvgIpc) is 3.28. The maximum atomic E-state index is 11.9. The number of amides is 2. The van der Waals surface area contributed by atoms with Crippen LogP contribution < -0.4 is 10.6 Å². The lowest BCUT2D eigenvalue weighted by Gasteiger charge is -2.18. The highest BCUT2D eigenvalue weighted by Gasteiger charge is 2.22. The van der Waals surface area contributed by atoms with Gasteiger partial charge in [0, 0.05) is 19.0 Å². The monoisotopic (exact) mass is 290 g/mol. The molecule has 2 rings (SSSR count). The van der Waals surface area contributed by atoms with Crippen LogP contribution in [0.4, 0.5) is 4.79 Å². The first-order valence-electron chi connectivity index (χ1n) is 7.43. The summed E-state index contributed by atoms with van der Waals surface area (Å²) in [5.74, 6) is -0.212.